The minimum absolute atomic E-state index is 0.0291. The van der Waals surface area contributed by atoms with E-state index >= 15 is 0 Å². The fourth-order valence-corrected chi connectivity index (χ4v) is 1.23. The Morgan fingerprint density at radius 1 is 1.44 bits per heavy atom. The summed E-state index contributed by atoms with van der Waals surface area (Å²) >= 11 is 0. The smallest absolute Gasteiger partial charge is 0.319 e. The molecule has 98 valence electrons. The number of anilines is 1. The highest BCUT2D eigenvalue weighted by atomic mass is 19.1. The largest absolute Gasteiger partial charge is 0.481 e. The van der Waals surface area contributed by atoms with Crippen LogP contribution in [-0.2, 0) is 4.79 Å². The Balaban J connectivity index is 2.49. The number of carbonyl (C=O) groups is 2. The fraction of sp³-hybridized carbons (Fsp3) is 0.333. The van der Waals surface area contributed by atoms with Gasteiger partial charge in [0.25, 0.3) is 0 Å². The van der Waals surface area contributed by atoms with E-state index in [0.29, 0.717) is 11.3 Å². The average Bonchev–Trinajstić information content (AvgIpc) is 2.30. The number of amides is 2. The van der Waals surface area contributed by atoms with E-state index in [1.807, 2.05) is 0 Å². The first-order valence-electron chi connectivity index (χ1n) is 5.44. The predicted molar refractivity (Wildman–Crippen MR) is 65.0 cm³/mol. The lowest BCUT2D eigenvalue weighted by molar-refractivity contribution is -0.140. The van der Waals surface area contributed by atoms with Crippen molar-refractivity contribution in [1.82, 2.24) is 5.32 Å². The van der Waals surface area contributed by atoms with Gasteiger partial charge in [-0.25, -0.2) is 9.18 Å². The fourth-order valence-electron chi connectivity index (χ4n) is 1.23. The predicted octanol–water partition coefficient (Wildman–Crippen LogP) is 1.98. The van der Waals surface area contributed by atoms with E-state index in [4.69, 9.17) is 5.11 Å². The van der Waals surface area contributed by atoms with Gasteiger partial charge in [-0.1, -0.05) is 6.92 Å². The van der Waals surface area contributed by atoms with E-state index in [1.165, 1.54) is 25.1 Å². The van der Waals surface area contributed by atoms with Crippen molar-refractivity contribution in [3.05, 3.63) is 29.6 Å². The topological polar surface area (TPSA) is 78.4 Å². The first-order valence-corrected chi connectivity index (χ1v) is 5.44. The molecular weight excluding hydrogens is 239 g/mol. The van der Waals surface area contributed by atoms with Crippen molar-refractivity contribution < 1.29 is 19.1 Å². The molecule has 0 fully saturated rings. The van der Waals surface area contributed by atoms with Crippen LogP contribution in [0.1, 0.15) is 12.5 Å². The number of carbonyl (C=O) groups excluding carboxylic acids is 1. The number of carboxylic acids is 1. The van der Waals surface area contributed by atoms with Gasteiger partial charge in [0.1, 0.15) is 5.82 Å². The van der Waals surface area contributed by atoms with E-state index in [9.17, 15) is 14.0 Å². The van der Waals surface area contributed by atoms with E-state index in [0.717, 1.165) is 0 Å². The Bertz CT molecular complexity index is 463. The maximum absolute atomic E-state index is 13.0. The van der Waals surface area contributed by atoms with Crippen molar-refractivity contribution in [3.8, 4) is 0 Å². The Kier molecular flexibility index (Phi) is 4.65. The third kappa shape index (κ3) is 4.04. The summed E-state index contributed by atoms with van der Waals surface area (Å²) in [4.78, 5) is 22.0. The van der Waals surface area contributed by atoms with Gasteiger partial charge in [0.05, 0.1) is 5.92 Å². The Morgan fingerprint density at radius 3 is 2.67 bits per heavy atom. The highest BCUT2D eigenvalue weighted by Gasteiger charge is 2.12. The number of aliphatic carboxylic acids is 1. The second kappa shape index (κ2) is 6.00. The molecule has 0 aliphatic carbocycles. The summed E-state index contributed by atoms with van der Waals surface area (Å²) in [6, 6.07) is 3.66. The van der Waals surface area contributed by atoms with Crippen molar-refractivity contribution in [2.24, 2.45) is 5.92 Å². The number of benzene rings is 1. The van der Waals surface area contributed by atoms with Crippen LogP contribution in [0.5, 0.6) is 0 Å². The van der Waals surface area contributed by atoms with Crippen LogP contribution in [0.3, 0.4) is 0 Å². The molecule has 1 rings (SSSR count). The molecule has 0 aromatic heterocycles. The van der Waals surface area contributed by atoms with Crippen molar-refractivity contribution in [2.45, 2.75) is 13.8 Å². The molecule has 1 aromatic rings. The molecule has 3 N–H and O–H groups in total. The van der Waals surface area contributed by atoms with Crippen LogP contribution in [0.15, 0.2) is 18.2 Å². The molecule has 1 aromatic carbocycles. The second-order valence-electron chi connectivity index (χ2n) is 4.04. The standard InChI is InChI=1S/C12H15FN2O3/c1-7-5-9(3-4-10(7)13)15-12(18)14-6-8(2)11(16)17/h3-5,8H,6H2,1-2H3,(H,16,17)(H2,14,15,18). The Morgan fingerprint density at radius 2 is 2.11 bits per heavy atom. The number of rotatable bonds is 4. The summed E-state index contributed by atoms with van der Waals surface area (Å²) in [6.45, 7) is 3.11. The number of nitrogens with one attached hydrogen (secondary N) is 2. The van der Waals surface area contributed by atoms with E-state index < -0.39 is 17.9 Å². The molecule has 0 bridgehead atoms. The highest BCUT2D eigenvalue weighted by Crippen LogP contribution is 2.13. The molecule has 1 atom stereocenters. The van der Waals surface area contributed by atoms with Gasteiger partial charge in [-0.05, 0) is 30.7 Å². The lowest BCUT2D eigenvalue weighted by Crippen LogP contribution is -2.34. The number of halogens is 1. The van der Waals surface area contributed by atoms with E-state index in [1.54, 1.807) is 6.92 Å². The lowest BCUT2D eigenvalue weighted by atomic mass is 10.2. The maximum atomic E-state index is 13.0. The Hall–Kier alpha value is -2.11. The first kappa shape index (κ1) is 14.0. The number of aryl methyl sites for hydroxylation is 1. The summed E-state index contributed by atoms with van der Waals surface area (Å²) in [5.74, 6) is -1.99. The van der Waals surface area contributed by atoms with Gasteiger partial charge in [-0.15, -0.1) is 0 Å². The summed E-state index contributed by atoms with van der Waals surface area (Å²) in [7, 11) is 0. The summed E-state index contributed by atoms with van der Waals surface area (Å²) < 4.78 is 13.0. The minimum atomic E-state index is -0.979. The SMILES string of the molecule is Cc1cc(NC(=O)NCC(C)C(=O)O)ccc1F. The second-order valence-corrected chi connectivity index (χ2v) is 4.04. The zero-order valence-electron chi connectivity index (χ0n) is 10.2. The molecule has 0 aliphatic rings. The summed E-state index contributed by atoms with van der Waals surface area (Å²) in [5, 5.41) is 13.6. The van der Waals surface area contributed by atoms with Crippen LogP contribution < -0.4 is 10.6 Å². The van der Waals surface area contributed by atoms with Crippen LogP contribution in [0.25, 0.3) is 0 Å². The number of hydrogen-bond acceptors (Lipinski definition) is 2. The number of carboxylic acid groups (broad SMARTS) is 1. The molecular formula is C12H15FN2O3. The molecule has 0 spiro atoms. The van der Waals surface area contributed by atoms with E-state index in [2.05, 4.69) is 10.6 Å². The van der Waals surface area contributed by atoms with Gasteiger partial charge >= 0.3 is 12.0 Å². The van der Waals surface area contributed by atoms with Gasteiger partial charge in [-0.3, -0.25) is 4.79 Å². The third-order valence-corrected chi connectivity index (χ3v) is 2.41. The van der Waals surface area contributed by atoms with Crippen molar-refractivity contribution in [1.29, 1.82) is 0 Å². The van der Waals surface area contributed by atoms with Gasteiger partial charge < -0.3 is 15.7 Å². The van der Waals surface area contributed by atoms with Crippen LogP contribution in [0.4, 0.5) is 14.9 Å². The quantitative estimate of drug-likeness (QED) is 0.768. The Labute approximate surface area is 104 Å². The highest BCUT2D eigenvalue weighted by molar-refractivity contribution is 5.89. The van der Waals surface area contributed by atoms with Gasteiger partial charge in [-0.2, -0.15) is 0 Å². The van der Waals surface area contributed by atoms with Crippen LogP contribution in [-0.4, -0.2) is 23.7 Å². The van der Waals surface area contributed by atoms with Crippen LogP contribution in [0, 0.1) is 18.7 Å². The molecule has 2 amide bonds. The molecule has 0 saturated heterocycles. The zero-order valence-corrected chi connectivity index (χ0v) is 10.2. The first-order chi connectivity index (χ1) is 8.40. The number of hydrogen-bond donors (Lipinski definition) is 3. The van der Waals surface area contributed by atoms with Gasteiger partial charge in [0.2, 0.25) is 0 Å². The molecule has 5 nitrogen and oxygen atoms in total. The molecule has 0 heterocycles. The summed E-state index contributed by atoms with van der Waals surface area (Å²) in [6.07, 6.45) is 0. The van der Waals surface area contributed by atoms with Crippen molar-refractivity contribution >= 4 is 17.7 Å². The molecule has 6 heteroatoms. The minimum Gasteiger partial charge on any atom is -0.481 e. The van der Waals surface area contributed by atoms with Crippen molar-refractivity contribution in [3.63, 3.8) is 0 Å². The van der Waals surface area contributed by atoms with Crippen LogP contribution in [0.2, 0.25) is 0 Å². The molecule has 18 heavy (non-hydrogen) atoms. The van der Waals surface area contributed by atoms with Gasteiger partial charge in [0, 0.05) is 12.2 Å². The molecule has 1 unspecified atom stereocenters. The third-order valence-electron chi connectivity index (χ3n) is 2.41. The van der Waals surface area contributed by atoms with Crippen LogP contribution >= 0.6 is 0 Å². The monoisotopic (exact) mass is 254 g/mol. The van der Waals surface area contributed by atoms with E-state index in [-0.39, 0.29) is 12.4 Å². The summed E-state index contributed by atoms with van der Waals surface area (Å²) in [5.41, 5.74) is 0.876. The van der Waals surface area contributed by atoms with Gasteiger partial charge in [0.15, 0.2) is 0 Å². The average molecular weight is 254 g/mol. The van der Waals surface area contributed by atoms with Crippen molar-refractivity contribution in [2.75, 3.05) is 11.9 Å². The molecule has 0 saturated carbocycles. The maximum Gasteiger partial charge on any atom is 0.319 e. The molecule has 0 radical (unpaired) electrons. The molecule has 0 aliphatic heterocycles. The lowest BCUT2D eigenvalue weighted by Gasteiger charge is -2.10. The number of urea groups is 1. The zero-order chi connectivity index (χ0) is 13.7. The normalized spacial score (nSPS) is 11.7.